The Morgan fingerprint density at radius 3 is 2.43 bits per heavy atom. The van der Waals surface area contributed by atoms with Gasteiger partial charge < -0.3 is 4.57 Å². The lowest BCUT2D eigenvalue weighted by molar-refractivity contribution is 0.574. The molecule has 0 spiro atoms. The minimum atomic E-state index is -3.62. The van der Waals surface area contributed by atoms with Gasteiger partial charge in [-0.1, -0.05) is 18.2 Å². The molecule has 30 heavy (non-hydrogen) atoms. The first-order chi connectivity index (χ1) is 14.3. The Kier molecular flexibility index (Phi) is 5.40. The van der Waals surface area contributed by atoms with Gasteiger partial charge in [0.1, 0.15) is 11.6 Å². The molecule has 0 unspecified atom stereocenters. The Morgan fingerprint density at radius 1 is 0.967 bits per heavy atom. The molecule has 0 amide bonds. The van der Waals surface area contributed by atoms with E-state index in [1.807, 2.05) is 42.7 Å². The molecule has 4 aromatic rings. The summed E-state index contributed by atoms with van der Waals surface area (Å²) in [6.45, 7) is 4.42. The molecule has 5 nitrogen and oxygen atoms in total. The lowest BCUT2D eigenvalue weighted by atomic mass is 10.1. The number of hydrogen-bond acceptors (Lipinski definition) is 3. The molecule has 7 heteroatoms. The maximum Gasteiger partial charge on any atom is 0.240 e. The topological polar surface area (TPSA) is 64.0 Å². The molecule has 0 aliphatic carbocycles. The number of hydrogen-bond donors (Lipinski definition) is 1. The van der Waals surface area contributed by atoms with Crippen molar-refractivity contribution in [2.24, 2.45) is 0 Å². The molecule has 0 aliphatic rings. The average Bonchev–Trinajstić information content (AvgIpc) is 3.09. The highest BCUT2D eigenvalue weighted by Gasteiger charge is 2.16. The number of rotatable bonds is 6. The highest BCUT2D eigenvalue weighted by atomic mass is 32.2. The van der Waals surface area contributed by atoms with Gasteiger partial charge in [0, 0.05) is 18.7 Å². The fraction of sp³-hybridized carbons (Fsp3) is 0.174. The van der Waals surface area contributed by atoms with Crippen LogP contribution < -0.4 is 4.72 Å². The van der Waals surface area contributed by atoms with Crippen LogP contribution in [0.5, 0.6) is 0 Å². The highest BCUT2D eigenvalue weighted by Crippen LogP contribution is 2.25. The first-order valence-corrected chi connectivity index (χ1v) is 11.1. The largest absolute Gasteiger partial charge is 0.323 e. The third-order valence-electron chi connectivity index (χ3n) is 5.17. The molecular formula is C23H22FN3O2S. The fourth-order valence-corrected chi connectivity index (χ4v) is 4.48. The number of nitrogens with zero attached hydrogens (tertiary/aromatic N) is 2. The van der Waals surface area contributed by atoms with Crippen molar-refractivity contribution >= 4 is 21.1 Å². The van der Waals surface area contributed by atoms with E-state index >= 15 is 0 Å². The third kappa shape index (κ3) is 3.99. The zero-order valence-electron chi connectivity index (χ0n) is 16.8. The van der Waals surface area contributed by atoms with Crippen LogP contribution in [0.3, 0.4) is 0 Å². The van der Waals surface area contributed by atoms with E-state index < -0.39 is 10.0 Å². The van der Waals surface area contributed by atoms with E-state index in [0.29, 0.717) is 12.4 Å². The van der Waals surface area contributed by atoms with Gasteiger partial charge in [0.05, 0.1) is 15.9 Å². The van der Waals surface area contributed by atoms with Crippen LogP contribution in [-0.2, 0) is 16.6 Å². The minimum Gasteiger partial charge on any atom is -0.323 e. The molecule has 0 radical (unpaired) electrons. The predicted octanol–water partition coefficient (Wildman–Crippen LogP) is 4.44. The smallest absolute Gasteiger partial charge is 0.240 e. The summed E-state index contributed by atoms with van der Waals surface area (Å²) in [5, 5.41) is 0. The van der Waals surface area contributed by atoms with Gasteiger partial charge in [0.2, 0.25) is 10.0 Å². The molecule has 1 N–H and O–H groups in total. The first-order valence-electron chi connectivity index (χ1n) is 9.63. The molecule has 1 heterocycles. The summed E-state index contributed by atoms with van der Waals surface area (Å²) in [6, 6.07) is 18.9. The van der Waals surface area contributed by atoms with Crippen LogP contribution in [-0.4, -0.2) is 24.5 Å². The number of benzene rings is 3. The summed E-state index contributed by atoms with van der Waals surface area (Å²) in [5.41, 5.74) is 4.43. The lowest BCUT2D eigenvalue weighted by Crippen LogP contribution is -2.27. The number of imidazole rings is 1. The molecule has 0 atom stereocenters. The van der Waals surface area contributed by atoms with Crippen LogP contribution in [0.1, 0.15) is 11.1 Å². The molecule has 3 aromatic carbocycles. The Hall–Kier alpha value is -3.03. The van der Waals surface area contributed by atoms with E-state index in [2.05, 4.69) is 9.71 Å². The van der Waals surface area contributed by atoms with Crippen molar-refractivity contribution in [3.8, 4) is 11.4 Å². The first kappa shape index (κ1) is 20.3. The van der Waals surface area contributed by atoms with E-state index in [0.717, 1.165) is 27.7 Å². The van der Waals surface area contributed by atoms with Gasteiger partial charge in [-0.15, -0.1) is 0 Å². The van der Waals surface area contributed by atoms with Crippen molar-refractivity contribution in [2.45, 2.75) is 25.3 Å². The Morgan fingerprint density at radius 2 is 1.70 bits per heavy atom. The monoisotopic (exact) mass is 423 g/mol. The molecule has 0 bridgehead atoms. The molecule has 0 saturated carbocycles. The van der Waals surface area contributed by atoms with Crippen LogP contribution in [0.4, 0.5) is 4.39 Å². The van der Waals surface area contributed by atoms with Crippen LogP contribution in [0.15, 0.2) is 71.6 Å². The number of aryl methyl sites for hydroxylation is 2. The van der Waals surface area contributed by atoms with Gasteiger partial charge in [0.25, 0.3) is 0 Å². The van der Waals surface area contributed by atoms with E-state index in [-0.39, 0.29) is 17.3 Å². The molecule has 1 aromatic heterocycles. The number of para-hydroxylation sites is 2. The van der Waals surface area contributed by atoms with Gasteiger partial charge in [-0.2, -0.15) is 0 Å². The average molecular weight is 424 g/mol. The van der Waals surface area contributed by atoms with E-state index in [1.54, 1.807) is 30.3 Å². The molecule has 0 fully saturated rings. The van der Waals surface area contributed by atoms with Crippen molar-refractivity contribution in [3.05, 3.63) is 83.7 Å². The number of aromatic nitrogens is 2. The summed E-state index contributed by atoms with van der Waals surface area (Å²) < 4.78 is 43.4. The summed E-state index contributed by atoms with van der Waals surface area (Å²) in [7, 11) is -3.62. The van der Waals surface area contributed by atoms with Crippen LogP contribution in [0, 0.1) is 19.7 Å². The van der Waals surface area contributed by atoms with Crippen molar-refractivity contribution in [1.29, 1.82) is 0 Å². The van der Waals surface area contributed by atoms with E-state index in [4.69, 9.17) is 0 Å². The van der Waals surface area contributed by atoms with Crippen molar-refractivity contribution in [3.63, 3.8) is 0 Å². The van der Waals surface area contributed by atoms with Gasteiger partial charge in [-0.25, -0.2) is 22.5 Å². The van der Waals surface area contributed by atoms with Gasteiger partial charge in [0.15, 0.2) is 0 Å². The zero-order valence-corrected chi connectivity index (χ0v) is 17.6. The maximum atomic E-state index is 13.4. The second-order valence-corrected chi connectivity index (χ2v) is 8.99. The normalized spacial score (nSPS) is 11.8. The molecule has 0 saturated heterocycles. The van der Waals surface area contributed by atoms with Crippen molar-refractivity contribution in [1.82, 2.24) is 14.3 Å². The Balaban J connectivity index is 1.61. The standard InChI is InChI=1S/C23H22FN3O2S/c1-16-7-12-20(15-17(16)2)30(28,29)25-13-14-27-22-6-4-3-5-21(22)26-23(27)18-8-10-19(24)11-9-18/h3-12,15,25H,13-14H2,1-2H3. The van der Waals surface area contributed by atoms with Crippen LogP contribution >= 0.6 is 0 Å². The molecule has 0 aliphatic heterocycles. The maximum absolute atomic E-state index is 13.4. The summed E-state index contributed by atoms with van der Waals surface area (Å²) in [5.74, 6) is 0.351. The Labute approximate surface area is 175 Å². The predicted molar refractivity (Wildman–Crippen MR) is 116 cm³/mol. The van der Waals surface area contributed by atoms with Gasteiger partial charge >= 0.3 is 0 Å². The summed E-state index contributed by atoms with van der Waals surface area (Å²) >= 11 is 0. The number of fused-ring (bicyclic) bond motifs is 1. The second kappa shape index (κ2) is 8.01. The van der Waals surface area contributed by atoms with Crippen molar-refractivity contribution in [2.75, 3.05) is 6.54 Å². The van der Waals surface area contributed by atoms with E-state index in [9.17, 15) is 12.8 Å². The number of nitrogens with one attached hydrogen (secondary N) is 1. The van der Waals surface area contributed by atoms with Crippen LogP contribution in [0.2, 0.25) is 0 Å². The quantitative estimate of drug-likeness (QED) is 0.499. The highest BCUT2D eigenvalue weighted by molar-refractivity contribution is 7.89. The van der Waals surface area contributed by atoms with Crippen LogP contribution in [0.25, 0.3) is 22.4 Å². The zero-order chi connectivity index (χ0) is 21.3. The second-order valence-electron chi connectivity index (χ2n) is 7.23. The van der Waals surface area contributed by atoms with Crippen molar-refractivity contribution < 1.29 is 12.8 Å². The van der Waals surface area contributed by atoms with Gasteiger partial charge in [-0.3, -0.25) is 0 Å². The molecule has 4 rings (SSSR count). The third-order valence-corrected chi connectivity index (χ3v) is 6.63. The van der Waals surface area contributed by atoms with Gasteiger partial charge in [-0.05, 0) is 73.5 Å². The minimum absolute atomic E-state index is 0.198. The lowest BCUT2D eigenvalue weighted by Gasteiger charge is -2.12. The molecular weight excluding hydrogens is 401 g/mol. The number of halogens is 1. The number of sulfonamides is 1. The van der Waals surface area contributed by atoms with E-state index in [1.165, 1.54) is 12.1 Å². The summed E-state index contributed by atoms with van der Waals surface area (Å²) in [4.78, 5) is 4.92. The molecule has 154 valence electrons. The fourth-order valence-electron chi connectivity index (χ4n) is 3.38. The summed E-state index contributed by atoms with van der Waals surface area (Å²) in [6.07, 6.45) is 0. The SMILES string of the molecule is Cc1ccc(S(=O)(=O)NCCn2c(-c3ccc(F)cc3)nc3ccccc32)cc1C. The Bertz CT molecular complexity index is 1310.